The van der Waals surface area contributed by atoms with Gasteiger partial charge in [-0.25, -0.2) is 10.4 Å². The Morgan fingerprint density at radius 3 is 2.65 bits per heavy atom. The van der Waals surface area contributed by atoms with Crippen LogP contribution in [0.5, 0.6) is 11.5 Å². The molecular formula is C27H36N6O4. The van der Waals surface area contributed by atoms with Crippen LogP contribution >= 0.6 is 0 Å². The van der Waals surface area contributed by atoms with E-state index in [1.807, 2.05) is 24.3 Å². The molecule has 5 rings (SSSR count). The second-order valence-corrected chi connectivity index (χ2v) is 9.60. The summed E-state index contributed by atoms with van der Waals surface area (Å²) in [4.78, 5) is 23.2. The topological polar surface area (TPSA) is 113 Å². The third kappa shape index (κ3) is 6.40. The molecule has 4 N–H and O–H groups in total. The first kappa shape index (κ1) is 25.5. The van der Waals surface area contributed by atoms with Crippen molar-refractivity contribution in [3.8, 4) is 11.5 Å². The normalized spacial score (nSPS) is 20.3. The first-order valence-corrected chi connectivity index (χ1v) is 12.9. The largest absolute Gasteiger partial charge is 0.497 e. The monoisotopic (exact) mass is 508 g/mol. The molecule has 0 aliphatic carbocycles. The lowest BCUT2D eigenvalue weighted by atomic mass is 10.0. The first-order chi connectivity index (χ1) is 18.1. The summed E-state index contributed by atoms with van der Waals surface area (Å²) in [6.45, 7) is 4.80. The standard InChI is InChI=1S/C27H36N6O4/c1-35-21-13-18(14-22(17-21)36-2)3-5-20-16-25(32-31-20)26-29-23-6-4-19(15-24(23)30-26)27(34)28-7-8-33-9-11-37-12-10-33/h4,6,13-15,17,20,25,31-32H,3,5,7-12,16H2,1-2H3,(H,28,34)(H,29,30). The number of nitrogens with one attached hydrogen (secondary N) is 4. The zero-order valence-electron chi connectivity index (χ0n) is 21.5. The molecule has 2 saturated heterocycles. The van der Waals surface area contributed by atoms with Gasteiger partial charge in [0.05, 0.1) is 44.5 Å². The summed E-state index contributed by atoms with van der Waals surface area (Å²) in [7, 11) is 3.34. The predicted molar refractivity (Wildman–Crippen MR) is 141 cm³/mol. The van der Waals surface area contributed by atoms with Crippen molar-refractivity contribution in [2.24, 2.45) is 0 Å². The average Bonchev–Trinajstić information content (AvgIpc) is 3.59. The van der Waals surface area contributed by atoms with Gasteiger partial charge >= 0.3 is 0 Å². The third-order valence-electron chi connectivity index (χ3n) is 7.08. The Kier molecular flexibility index (Phi) is 8.20. The minimum Gasteiger partial charge on any atom is -0.497 e. The molecule has 10 nitrogen and oxygen atoms in total. The summed E-state index contributed by atoms with van der Waals surface area (Å²) in [5.41, 5.74) is 10.3. The first-order valence-electron chi connectivity index (χ1n) is 12.9. The number of carbonyl (C=O) groups excluding carboxylic acids is 1. The average molecular weight is 509 g/mol. The van der Waals surface area contributed by atoms with Crippen molar-refractivity contribution in [1.29, 1.82) is 0 Å². The van der Waals surface area contributed by atoms with Gasteiger partial charge in [0.25, 0.3) is 5.91 Å². The fourth-order valence-electron chi connectivity index (χ4n) is 4.93. The van der Waals surface area contributed by atoms with Crippen molar-refractivity contribution in [2.45, 2.75) is 31.3 Å². The zero-order chi connectivity index (χ0) is 25.6. The lowest BCUT2D eigenvalue weighted by Gasteiger charge is -2.26. The Bertz CT molecular complexity index is 1190. The van der Waals surface area contributed by atoms with E-state index in [1.165, 1.54) is 5.56 Å². The van der Waals surface area contributed by atoms with Crippen LogP contribution in [-0.2, 0) is 11.2 Å². The smallest absolute Gasteiger partial charge is 0.251 e. The van der Waals surface area contributed by atoms with E-state index < -0.39 is 0 Å². The van der Waals surface area contributed by atoms with E-state index in [1.54, 1.807) is 14.2 Å². The number of aryl methyl sites for hydroxylation is 1. The van der Waals surface area contributed by atoms with Gasteiger partial charge in [0.2, 0.25) is 0 Å². The van der Waals surface area contributed by atoms with Gasteiger partial charge in [-0.1, -0.05) is 0 Å². The fraction of sp³-hybridized carbons (Fsp3) is 0.481. The van der Waals surface area contributed by atoms with Crippen LogP contribution in [-0.4, -0.2) is 80.4 Å². The molecule has 0 radical (unpaired) electrons. The maximum absolute atomic E-state index is 12.7. The summed E-state index contributed by atoms with van der Waals surface area (Å²) in [6, 6.07) is 12.0. The highest BCUT2D eigenvalue weighted by molar-refractivity contribution is 5.97. The van der Waals surface area contributed by atoms with E-state index in [-0.39, 0.29) is 11.9 Å². The van der Waals surface area contributed by atoms with Gasteiger partial charge in [-0.3, -0.25) is 15.1 Å². The molecule has 1 aromatic heterocycles. The van der Waals surface area contributed by atoms with Crippen LogP contribution in [0.15, 0.2) is 36.4 Å². The second kappa shape index (κ2) is 11.9. The van der Waals surface area contributed by atoms with Crippen molar-refractivity contribution in [3.05, 3.63) is 53.3 Å². The summed E-state index contributed by atoms with van der Waals surface area (Å²) in [5.74, 6) is 2.41. The Balaban J connectivity index is 1.14. The molecule has 0 saturated carbocycles. The number of hydrazine groups is 1. The highest BCUT2D eigenvalue weighted by Gasteiger charge is 2.27. The van der Waals surface area contributed by atoms with Gasteiger partial charge in [0, 0.05) is 43.9 Å². The maximum atomic E-state index is 12.7. The summed E-state index contributed by atoms with van der Waals surface area (Å²) >= 11 is 0. The van der Waals surface area contributed by atoms with E-state index in [2.05, 4.69) is 38.2 Å². The van der Waals surface area contributed by atoms with E-state index in [9.17, 15) is 4.79 Å². The molecule has 0 bridgehead atoms. The SMILES string of the molecule is COc1cc(CCC2CC(c3nc4ccc(C(=O)NCCN5CCOCC5)cc4[nH]3)NN2)cc(OC)c1. The highest BCUT2D eigenvalue weighted by Crippen LogP contribution is 2.27. The number of hydrogen-bond acceptors (Lipinski definition) is 8. The molecule has 2 aliphatic rings. The van der Waals surface area contributed by atoms with E-state index >= 15 is 0 Å². The van der Waals surface area contributed by atoms with Gasteiger partial charge in [-0.2, -0.15) is 0 Å². The summed E-state index contributed by atoms with van der Waals surface area (Å²) < 4.78 is 16.2. The van der Waals surface area contributed by atoms with E-state index in [4.69, 9.17) is 19.2 Å². The number of nitrogens with zero attached hydrogens (tertiary/aromatic N) is 2. The predicted octanol–water partition coefficient (Wildman–Crippen LogP) is 2.18. The van der Waals surface area contributed by atoms with Crippen molar-refractivity contribution in [3.63, 3.8) is 0 Å². The Morgan fingerprint density at radius 2 is 1.89 bits per heavy atom. The van der Waals surface area contributed by atoms with Gasteiger partial charge in [-0.05, 0) is 55.2 Å². The number of H-pyrrole nitrogens is 1. The van der Waals surface area contributed by atoms with E-state index in [0.29, 0.717) is 18.2 Å². The summed E-state index contributed by atoms with van der Waals surface area (Å²) in [5, 5.41) is 3.03. The Labute approximate surface area is 217 Å². The molecule has 1 amide bonds. The number of hydrogen-bond donors (Lipinski definition) is 4. The minimum absolute atomic E-state index is 0.0683. The minimum atomic E-state index is -0.0683. The number of carbonyl (C=O) groups is 1. The van der Waals surface area contributed by atoms with E-state index in [0.717, 1.165) is 80.5 Å². The lowest BCUT2D eigenvalue weighted by Crippen LogP contribution is -2.41. The molecule has 2 aliphatic heterocycles. The Morgan fingerprint density at radius 1 is 1.11 bits per heavy atom. The number of methoxy groups -OCH3 is 2. The quantitative estimate of drug-likeness (QED) is 0.330. The van der Waals surface area contributed by atoms with Crippen LogP contribution in [0.25, 0.3) is 11.0 Å². The second-order valence-electron chi connectivity index (χ2n) is 9.60. The van der Waals surface area contributed by atoms with Crippen LogP contribution in [0.4, 0.5) is 0 Å². The Hall–Kier alpha value is -3.18. The molecule has 2 fully saturated rings. The molecule has 3 heterocycles. The molecule has 0 spiro atoms. The third-order valence-corrected chi connectivity index (χ3v) is 7.08. The number of amides is 1. The maximum Gasteiger partial charge on any atom is 0.251 e. The number of fused-ring (bicyclic) bond motifs is 1. The molecule has 2 atom stereocenters. The van der Waals surface area contributed by atoms with Crippen LogP contribution < -0.4 is 25.6 Å². The number of morpholine rings is 1. The van der Waals surface area contributed by atoms with Gasteiger partial charge in [-0.15, -0.1) is 0 Å². The molecule has 2 unspecified atom stereocenters. The number of imidazole rings is 1. The van der Waals surface area contributed by atoms with Gasteiger partial charge < -0.3 is 24.5 Å². The molecule has 3 aromatic rings. The molecule has 10 heteroatoms. The molecule has 37 heavy (non-hydrogen) atoms. The number of rotatable bonds is 10. The number of ether oxygens (including phenoxy) is 3. The number of aromatic nitrogens is 2. The summed E-state index contributed by atoms with van der Waals surface area (Å²) in [6.07, 6.45) is 2.79. The number of benzene rings is 2. The van der Waals surface area contributed by atoms with Crippen LogP contribution in [0, 0.1) is 0 Å². The molecule has 2 aromatic carbocycles. The van der Waals surface area contributed by atoms with Crippen molar-refractivity contribution in [2.75, 3.05) is 53.6 Å². The number of aromatic amines is 1. The zero-order valence-corrected chi connectivity index (χ0v) is 21.5. The molecule has 198 valence electrons. The van der Waals surface area contributed by atoms with Gasteiger partial charge in [0.1, 0.15) is 17.3 Å². The van der Waals surface area contributed by atoms with Crippen molar-refractivity contribution >= 4 is 16.9 Å². The van der Waals surface area contributed by atoms with Crippen molar-refractivity contribution in [1.82, 2.24) is 31.0 Å². The van der Waals surface area contributed by atoms with Crippen LogP contribution in [0.1, 0.15) is 40.6 Å². The lowest BCUT2D eigenvalue weighted by molar-refractivity contribution is 0.0383. The van der Waals surface area contributed by atoms with Gasteiger partial charge in [0.15, 0.2) is 0 Å². The van der Waals surface area contributed by atoms with Crippen LogP contribution in [0.2, 0.25) is 0 Å². The molecular weight excluding hydrogens is 472 g/mol. The van der Waals surface area contributed by atoms with Crippen LogP contribution in [0.3, 0.4) is 0 Å². The fourth-order valence-corrected chi connectivity index (χ4v) is 4.93. The highest BCUT2D eigenvalue weighted by atomic mass is 16.5. The van der Waals surface area contributed by atoms with Crippen molar-refractivity contribution < 1.29 is 19.0 Å².